The SMILES string of the molecule is CCN(C(=O)OC(C)(C)C)C1CCN(c2c(Cl)cnc3c2c2cc(C#N)ncc2n3COCC[Si](C)(C)C)C1. The van der Waals surface area contributed by atoms with Crippen molar-refractivity contribution in [3.63, 3.8) is 0 Å². The van der Waals surface area contributed by atoms with Crippen LogP contribution < -0.4 is 4.90 Å². The van der Waals surface area contributed by atoms with Gasteiger partial charge in [-0.1, -0.05) is 31.2 Å². The molecule has 1 unspecified atom stereocenters. The molecule has 1 atom stereocenters. The molecule has 1 saturated heterocycles. The van der Waals surface area contributed by atoms with Crippen LogP contribution in [0.5, 0.6) is 0 Å². The van der Waals surface area contributed by atoms with Gasteiger partial charge in [0.2, 0.25) is 0 Å². The van der Waals surface area contributed by atoms with Crippen molar-refractivity contribution >= 4 is 53.4 Å². The summed E-state index contributed by atoms with van der Waals surface area (Å²) in [6.45, 7) is 17.5. The van der Waals surface area contributed by atoms with E-state index in [-0.39, 0.29) is 12.1 Å². The van der Waals surface area contributed by atoms with Crippen LogP contribution in [0.1, 0.15) is 39.8 Å². The molecule has 3 aromatic rings. The molecule has 11 heteroatoms. The lowest BCUT2D eigenvalue weighted by Crippen LogP contribution is -2.44. The van der Waals surface area contributed by atoms with Crippen LogP contribution in [0.25, 0.3) is 21.9 Å². The van der Waals surface area contributed by atoms with Gasteiger partial charge in [0.1, 0.15) is 29.7 Å². The number of fused-ring (bicyclic) bond motifs is 3. The number of anilines is 1. The standard InChI is InChI=1S/C28H39ClN6O3Si/c1-8-34(27(36)38-28(2,3)4)20-9-10-33(17-20)25-22(29)15-32-26-24(25)21-13-19(14-30)31-16-23(21)35(26)18-37-11-12-39(5,6)7/h13,15-16,20H,8-12,17-18H2,1-7H3. The summed E-state index contributed by atoms with van der Waals surface area (Å²) in [4.78, 5) is 26.0. The van der Waals surface area contributed by atoms with Crippen molar-refractivity contribution in [3.8, 4) is 6.07 Å². The van der Waals surface area contributed by atoms with E-state index in [9.17, 15) is 10.1 Å². The number of nitrogens with zero attached hydrogens (tertiary/aromatic N) is 6. The highest BCUT2D eigenvalue weighted by Crippen LogP contribution is 2.41. The molecule has 9 nitrogen and oxygen atoms in total. The van der Waals surface area contributed by atoms with Gasteiger partial charge in [0.15, 0.2) is 0 Å². The minimum Gasteiger partial charge on any atom is -0.444 e. The first-order valence-electron chi connectivity index (χ1n) is 13.5. The monoisotopic (exact) mass is 570 g/mol. The second-order valence-corrected chi connectivity index (χ2v) is 18.3. The average Bonchev–Trinajstić information content (AvgIpc) is 3.43. The van der Waals surface area contributed by atoms with Gasteiger partial charge in [0, 0.05) is 39.7 Å². The highest BCUT2D eigenvalue weighted by Gasteiger charge is 2.34. The predicted octanol–water partition coefficient (Wildman–Crippen LogP) is 6.26. The van der Waals surface area contributed by atoms with E-state index < -0.39 is 13.7 Å². The van der Waals surface area contributed by atoms with Crippen molar-refractivity contribution in [2.24, 2.45) is 0 Å². The summed E-state index contributed by atoms with van der Waals surface area (Å²) in [6.07, 6.45) is 3.87. The Bertz CT molecular complexity index is 1410. The van der Waals surface area contributed by atoms with Crippen LogP contribution in [-0.4, -0.2) is 71.5 Å². The number of carbonyl (C=O) groups excluding carboxylic acids is 1. The van der Waals surface area contributed by atoms with Crippen LogP contribution in [0.4, 0.5) is 10.5 Å². The van der Waals surface area contributed by atoms with Gasteiger partial charge in [0.25, 0.3) is 0 Å². The maximum Gasteiger partial charge on any atom is 0.410 e. The number of halogens is 1. The molecule has 0 aliphatic carbocycles. The Labute approximate surface area is 236 Å². The minimum absolute atomic E-state index is 0.0151. The molecule has 210 valence electrons. The number of rotatable bonds is 8. The predicted molar refractivity (Wildman–Crippen MR) is 158 cm³/mol. The summed E-state index contributed by atoms with van der Waals surface area (Å²) in [6, 6.07) is 5.00. The van der Waals surface area contributed by atoms with Gasteiger partial charge < -0.3 is 19.3 Å². The van der Waals surface area contributed by atoms with Crippen molar-refractivity contribution in [1.29, 1.82) is 5.26 Å². The van der Waals surface area contributed by atoms with Crippen molar-refractivity contribution in [1.82, 2.24) is 19.4 Å². The van der Waals surface area contributed by atoms with Crippen LogP contribution in [0.15, 0.2) is 18.5 Å². The highest BCUT2D eigenvalue weighted by molar-refractivity contribution is 6.76. The molecule has 1 aliphatic rings. The van der Waals surface area contributed by atoms with Gasteiger partial charge in [-0.2, -0.15) is 5.26 Å². The van der Waals surface area contributed by atoms with E-state index in [0.717, 1.165) is 46.6 Å². The van der Waals surface area contributed by atoms with Crippen molar-refractivity contribution in [2.75, 3.05) is 31.1 Å². The van der Waals surface area contributed by atoms with Gasteiger partial charge in [-0.05, 0) is 46.2 Å². The summed E-state index contributed by atoms with van der Waals surface area (Å²) in [5.41, 5.74) is 2.19. The number of carbonyl (C=O) groups is 1. The van der Waals surface area contributed by atoms with Gasteiger partial charge in [0.05, 0.1) is 40.0 Å². The molecular formula is C28H39ClN6O3Si. The minimum atomic E-state index is -1.23. The van der Waals surface area contributed by atoms with E-state index in [1.807, 2.05) is 32.3 Å². The summed E-state index contributed by atoms with van der Waals surface area (Å²) < 4.78 is 13.8. The fourth-order valence-corrected chi connectivity index (χ4v) is 6.01. The molecule has 0 N–H and O–H groups in total. The molecule has 1 aliphatic heterocycles. The molecule has 0 bridgehead atoms. The molecule has 4 rings (SSSR count). The van der Waals surface area contributed by atoms with E-state index in [2.05, 4.69) is 35.6 Å². The van der Waals surface area contributed by atoms with E-state index >= 15 is 0 Å². The Morgan fingerprint density at radius 1 is 1.28 bits per heavy atom. The van der Waals surface area contributed by atoms with Crippen molar-refractivity contribution in [2.45, 2.75) is 78.2 Å². The molecule has 1 amide bonds. The summed E-state index contributed by atoms with van der Waals surface area (Å²) in [5, 5.41) is 11.8. The Morgan fingerprint density at radius 2 is 2.03 bits per heavy atom. The second-order valence-electron chi connectivity index (χ2n) is 12.3. The first kappa shape index (κ1) is 29.1. The van der Waals surface area contributed by atoms with E-state index in [1.54, 1.807) is 23.4 Å². The zero-order valence-electron chi connectivity index (χ0n) is 24.0. The Kier molecular flexibility index (Phi) is 8.45. The van der Waals surface area contributed by atoms with Crippen LogP contribution in [-0.2, 0) is 16.2 Å². The van der Waals surface area contributed by atoms with Crippen LogP contribution in [0, 0.1) is 11.3 Å². The zero-order chi connectivity index (χ0) is 28.5. The fourth-order valence-electron chi connectivity index (χ4n) is 4.99. The molecule has 0 saturated carbocycles. The third kappa shape index (κ3) is 6.48. The molecular weight excluding hydrogens is 532 g/mol. The Balaban J connectivity index is 1.72. The van der Waals surface area contributed by atoms with Crippen LogP contribution >= 0.6 is 11.6 Å². The Morgan fingerprint density at radius 3 is 2.67 bits per heavy atom. The van der Waals surface area contributed by atoms with Gasteiger partial charge in [-0.25, -0.2) is 14.8 Å². The highest BCUT2D eigenvalue weighted by atomic mass is 35.5. The van der Waals surface area contributed by atoms with Crippen LogP contribution in [0.2, 0.25) is 30.7 Å². The second kappa shape index (κ2) is 11.3. The lowest BCUT2D eigenvalue weighted by Gasteiger charge is -2.31. The van der Waals surface area contributed by atoms with E-state index in [0.29, 0.717) is 37.1 Å². The smallest absolute Gasteiger partial charge is 0.410 e. The number of nitriles is 1. The summed E-state index contributed by atoms with van der Waals surface area (Å²) >= 11 is 6.83. The van der Waals surface area contributed by atoms with E-state index in [4.69, 9.17) is 26.1 Å². The molecule has 1 fully saturated rings. The maximum absolute atomic E-state index is 12.9. The topological polar surface area (TPSA) is 96.5 Å². The van der Waals surface area contributed by atoms with Gasteiger partial charge in [-0.15, -0.1) is 0 Å². The molecule has 0 spiro atoms. The first-order chi connectivity index (χ1) is 18.3. The van der Waals surface area contributed by atoms with Crippen molar-refractivity contribution < 1.29 is 14.3 Å². The number of amides is 1. The average molecular weight is 571 g/mol. The Hall–Kier alpha value is -2.87. The molecule has 0 radical (unpaired) electrons. The molecule has 0 aromatic carbocycles. The van der Waals surface area contributed by atoms with E-state index in [1.165, 1.54) is 0 Å². The van der Waals surface area contributed by atoms with Gasteiger partial charge in [-0.3, -0.25) is 4.57 Å². The lowest BCUT2D eigenvalue weighted by atomic mass is 10.1. The first-order valence-corrected chi connectivity index (χ1v) is 17.6. The van der Waals surface area contributed by atoms with Crippen LogP contribution in [0.3, 0.4) is 0 Å². The number of aromatic nitrogens is 3. The molecule has 3 aromatic heterocycles. The number of likely N-dealkylation sites (N-methyl/N-ethyl adjacent to an activating group) is 1. The fraction of sp³-hybridized carbons (Fsp3) is 0.571. The summed E-state index contributed by atoms with van der Waals surface area (Å²) in [5.74, 6) is 0. The van der Waals surface area contributed by atoms with Gasteiger partial charge >= 0.3 is 6.09 Å². The number of hydrogen-bond acceptors (Lipinski definition) is 7. The largest absolute Gasteiger partial charge is 0.444 e. The number of ether oxygens (including phenoxy) is 2. The number of pyridine rings is 2. The molecule has 39 heavy (non-hydrogen) atoms. The maximum atomic E-state index is 12.9. The third-order valence-electron chi connectivity index (χ3n) is 6.91. The zero-order valence-corrected chi connectivity index (χ0v) is 25.8. The number of hydrogen-bond donors (Lipinski definition) is 0. The quantitative estimate of drug-likeness (QED) is 0.233. The third-order valence-corrected chi connectivity index (χ3v) is 8.89. The summed E-state index contributed by atoms with van der Waals surface area (Å²) in [7, 11) is -1.23. The van der Waals surface area contributed by atoms with Crippen molar-refractivity contribution in [3.05, 3.63) is 29.2 Å². The normalized spacial score (nSPS) is 16.2. The molecule has 4 heterocycles. The lowest BCUT2D eigenvalue weighted by molar-refractivity contribution is 0.0191.